The zero-order valence-corrected chi connectivity index (χ0v) is 9.12. The summed E-state index contributed by atoms with van der Waals surface area (Å²) in [7, 11) is 1.26. The summed E-state index contributed by atoms with van der Waals surface area (Å²) in [6, 6.07) is 0. The minimum absolute atomic E-state index is 0. The first-order valence-electron chi connectivity index (χ1n) is 2.23. The summed E-state index contributed by atoms with van der Waals surface area (Å²) in [5, 5.41) is 0. The molecule has 0 aromatic rings. The molecule has 2 radical (unpaired) electrons. The van der Waals surface area contributed by atoms with Crippen LogP contribution < -0.4 is 0 Å². The SMILES string of the molecule is COC(=O)CC(C)=O.[Sr]. The standard InChI is InChI=1S/C5H8O3.Sr/c1-4(6)3-5(7)8-2;/h3H2,1-2H3;. The monoisotopic (exact) mass is 204 g/mol. The summed E-state index contributed by atoms with van der Waals surface area (Å²) < 4.78 is 4.20. The molecular weight excluding hydrogens is 196 g/mol. The van der Waals surface area contributed by atoms with E-state index < -0.39 is 5.97 Å². The van der Waals surface area contributed by atoms with E-state index in [0.29, 0.717) is 0 Å². The molecule has 3 nitrogen and oxygen atoms in total. The molecule has 0 rings (SSSR count). The maximum atomic E-state index is 10.2. The number of carbonyl (C=O) groups excluding carboxylic acids is 2. The van der Waals surface area contributed by atoms with Crippen LogP contribution in [0.4, 0.5) is 0 Å². The Labute approximate surface area is 91.0 Å². The third-order valence-electron chi connectivity index (χ3n) is 0.621. The van der Waals surface area contributed by atoms with Crippen molar-refractivity contribution in [2.75, 3.05) is 7.11 Å². The van der Waals surface area contributed by atoms with Gasteiger partial charge in [-0.05, 0) is 6.92 Å². The summed E-state index contributed by atoms with van der Waals surface area (Å²) >= 11 is 0. The van der Waals surface area contributed by atoms with Crippen LogP contribution in [0.25, 0.3) is 0 Å². The fourth-order valence-electron chi connectivity index (χ4n) is 0.275. The Morgan fingerprint density at radius 2 is 1.89 bits per heavy atom. The maximum absolute atomic E-state index is 10.2. The van der Waals surface area contributed by atoms with E-state index in [2.05, 4.69) is 4.74 Å². The molecule has 0 aliphatic rings. The summed E-state index contributed by atoms with van der Waals surface area (Å²) in [4.78, 5) is 20.3. The Bertz CT molecular complexity index is 111. The van der Waals surface area contributed by atoms with Crippen LogP contribution in [0.5, 0.6) is 0 Å². The third kappa shape index (κ3) is 8.62. The number of ether oxygens (including phenoxy) is 1. The average molecular weight is 204 g/mol. The zero-order valence-electron chi connectivity index (χ0n) is 5.64. The molecule has 0 N–H and O–H groups in total. The number of carbonyl (C=O) groups is 2. The van der Waals surface area contributed by atoms with Crippen molar-refractivity contribution < 1.29 is 14.3 Å². The first kappa shape index (κ1) is 12.3. The molecule has 0 atom stereocenters. The van der Waals surface area contributed by atoms with Gasteiger partial charge in [0.05, 0.1) is 7.11 Å². The molecule has 4 heteroatoms. The van der Waals surface area contributed by atoms with E-state index in [0.717, 1.165) is 0 Å². The van der Waals surface area contributed by atoms with Crippen molar-refractivity contribution in [3.8, 4) is 0 Å². The van der Waals surface area contributed by atoms with Crippen LogP contribution in [0.2, 0.25) is 0 Å². The minimum atomic E-state index is -0.475. The molecule has 0 aliphatic carbocycles. The quantitative estimate of drug-likeness (QED) is 0.354. The molecule has 0 saturated heterocycles. The van der Waals surface area contributed by atoms with Crippen LogP contribution in [0, 0.1) is 0 Å². The zero-order chi connectivity index (χ0) is 6.57. The van der Waals surface area contributed by atoms with E-state index in [1.165, 1.54) is 14.0 Å². The number of rotatable bonds is 2. The van der Waals surface area contributed by atoms with Crippen LogP contribution in [0.15, 0.2) is 0 Å². The topological polar surface area (TPSA) is 43.4 Å². The van der Waals surface area contributed by atoms with E-state index in [-0.39, 0.29) is 57.7 Å². The van der Waals surface area contributed by atoms with Gasteiger partial charge in [-0.15, -0.1) is 0 Å². The number of methoxy groups -OCH3 is 1. The Hall–Kier alpha value is 0.621. The predicted molar refractivity (Wildman–Crippen MR) is 33.1 cm³/mol. The van der Waals surface area contributed by atoms with Crippen LogP contribution in [0.1, 0.15) is 13.3 Å². The van der Waals surface area contributed by atoms with E-state index >= 15 is 0 Å². The third-order valence-corrected chi connectivity index (χ3v) is 0.621. The molecule has 0 amide bonds. The van der Waals surface area contributed by atoms with Crippen molar-refractivity contribution in [1.82, 2.24) is 0 Å². The van der Waals surface area contributed by atoms with E-state index in [1.807, 2.05) is 0 Å². The number of Topliss-reactive ketones (excluding diaryl/α,β-unsaturated/α-hetero) is 1. The van der Waals surface area contributed by atoms with Gasteiger partial charge in [0, 0.05) is 45.5 Å². The Morgan fingerprint density at radius 1 is 1.44 bits per heavy atom. The molecule has 0 unspecified atom stereocenters. The largest absolute Gasteiger partial charge is 0.469 e. The smallest absolute Gasteiger partial charge is 0.313 e. The second-order valence-electron chi connectivity index (χ2n) is 1.45. The molecule has 0 bridgehead atoms. The van der Waals surface area contributed by atoms with Crippen LogP contribution >= 0.6 is 0 Å². The number of hydrogen-bond donors (Lipinski definition) is 0. The fraction of sp³-hybridized carbons (Fsp3) is 0.600. The van der Waals surface area contributed by atoms with Crippen molar-refractivity contribution in [2.24, 2.45) is 0 Å². The average Bonchev–Trinajstić information content (AvgIpc) is 1.65. The van der Waals surface area contributed by atoms with Gasteiger partial charge >= 0.3 is 5.97 Å². The van der Waals surface area contributed by atoms with Gasteiger partial charge in [0.1, 0.15) is 12.2 Å². The summed E-state index contributed by atoms with van der Waals surface area (Å²) in [6.07, 6.45) is -0.115. The van der Waals surface area contributed by atoms with Gasteiger partial charge in [0.15, 0.2) is 0 Å². The van der Waals surface area contributed by atoms with Gasteiger partial charge in [0.25, 0.3) is 0 Å². The number of ketones is 1. The van der Waals surface area contributed by atoms with Gasteiger partial charge in [-0.2, -0.15) is 0 Å². The summed E-state index contributed by atoms with van der Waals surface area (Å²) in [5.74, 6) is -0.644. The van der Waals surface area contributed by atoms with Gasteiger partial charge < -0.3 is 4.74 Å². The predicted octanol–water partition coefficient (Wildman–Crippen LogP) is -0.242. The molecule has 0 heterocycles. The fourth-order valence-corrected chi connectivity index (χ4v) is 0.275. The normalized spacial score (nSPS) is 7.33. The molecule has 48 valence electrons. The van der Waals surface area contributed by atoms with Crippen LogP contribution in [0.3, 0.4) is 0 Å². The molecule has 0 aliphatic heterocycles. The molecule has 0 spiro atoms. The number of hydrogen-bond acceptors (Lipinski definition) is 3. The second kappa shape index (κ2) is 6.74. The number of esters is 1. The van der Waals surface area contributed by atoms with Crippen LogP contribution in [-0.2, 0) is 14.3 Å². The molecule has 9 heavy (non-hydrogen) atoms. The van der Waals surface area contributed by atoms with E-state index in [9.17, 15) is 9.59 Å². The van der Waals surface area contributed by atoms with Crippen molar-refractivity contribution in [2.45, 2.75) is 13.3 Å². The Balaban J connectivity index is 0. The van der Waals surface area contributed by atoms with Gasteiger partial charge in [0.2, 0.25) is 0 Å². The van der Waals surface area contributed by atoms with Crippen molar-refractivity contribution >= 4 is 57.2 Å². The minimum Gasteiger partial charge on any atom is -0.469 e. The second-order valence-corrected chi connectivity index (χ2v) is 1.45. The first-order valence-corrected chi connectivity index (χ1v) is 2.23. The molecule has 0 aromatic heterocycles. The van der Waals surface area contributed by atoms with Gasteiger partial charge in [-0.25, -0.2) is 0 Å². The summed E-state index contributed by atoms with van der Waals surface area (Å²) in [6.45, 7) is 1.34. The molecular formula is C5H8O3Sr. The Morgan fingerprint density at radius 3 is 2.00 bits per heavy atom. The molecule has 0 fully saturated rings. The van der Waals surface area contributed by atoms with Crippen molar-refractivity contribution in [3.63, 3.8) is 0 Å². The summed E-state index contributed by atoms with van der Waals surface area (Å²) in [5.41, 5.74) is 0. The maximum Gasteiger partial charge on any atom is 0.313 e. The van der Waals surface area contributed by atoms with Crippen molar-refractivity contribution in [1.29, 1.82) is 0 Å². The van der Waals surface area contributed by atoms with Gasteiger partial charge in [-0.1, -0.05) is 0 Å². The molecule has 0 saturated carbocycles. The van der Waals surface area contributed by atoms with Gasteiger partial charge in [-0.3, -0.25) is 9.59 Å². The Kier molecular flexibility index (Phi) is 9.21. The van der Waals surface area contributed by atoms with E-state index in [1.54, 1.807) is 0 Å². The molecule has 0 aromatic carbocycles. The van der Waals surface area contributed by atoms with Crippen LogP contribution in [-0.4, -0.2) is 64.3 Å². The van der Waals surface area contributed by atoms with E-state index in [4.69, 9.17) is 0 Å². The van der Waals surface area contributed by atoms with Crippen molar-refractivity contribution in [3.05, 3.63) is 0 Å². The first-order chi connectivity index (χ1) is 3.66.